The van der Waals surface area contributed by atoms with Crippen LogP contribution < -0.4 is 4.74 Å². The molecule has 0 atom stereocenters. The molecule has 3 nitrogen and oxygen atoms in total. The molecular formula is C14H19NO2. The van der Waals surface area contributed by atoms with E-state index in [1.165, 1.54) is 0 Å². The Kier molecular flexibility index (Phi) is 5.27. The summed E-state index contributed by atoms with van der Waals surface area (Å²) in [4.78, 5) is 4.38. The number of nitrogens with zero attached hydrogens (tertiary/aromatic N) is 1. The van der Waals surface area contributed by atoms with Crippen LogP contribution in [0.5, 0.6) is 5.75 Å². The Bertz CT molecular complexity index is 399. The van der Waals surface area contributed by atoms with E-state index < -0.39 is 0 Å². The molecule has 0 aliphatic rings. The highest BCUT2D eigenvalue weighted by atomic mass is 16.5. The molecule has 17 heavy (non-hydrogen) atoms. The smallest absolute Gasteiger partial charge is 0.118 e. The highest BCUT2D eigenvalue weighted by Crippen LogP contribution is 2.12. The van der Waals surface area contributed by atoms with E-state index in [2.05, 4.69) is 4.99 Å². The SMILES string of the molecule is CC/C(=C\N=C(C)c1ccc(OC)cc1)OC. The molecule has 0 N–H and O–H groups in total. The van der Waals surface area contributed by atoms with Gasteiger partial charge in [0.25, 0.3) is 0 Å². The Labute approximate surface area is 103 Å². The fourth-order valence-corrected chi connectivity index (χ4v) is 1.36. The van der Waals surface area contributed by atoms with Gasteiger partial charge < -0.3 is 9.47 Å². The summed E-state index contributed by atoms with van der Waals surface area (Å²) in [6.07, 6.45) is 2.61. The van der Waals surface area contributed by atoms with E-state index >= 15 is 0 Å². The van der Waals surface area contributed by atoms with Crippen molar-refractivity contribution in [3.63, 3.8) is 0 Å². The van der Waals surface area contributed by atoms with Gasteiger partial charge in [-0.15, -0.1) is 0 Å². The van der Waals surface area contributed by atoms with Gasteiger partial charge in [-0.3, -0.25) is 4.99 Å². The number of methoxy groups -OCH3 is 2. The molecule has 3 heteroatoms. The predicted molar refractivity (Wildman–Crippen MR) is 70.6 cm³/mol. The van der Waals surface area contributed by atoms with Crippen LogP contribution in [0, 0.1) is 0 Å². The largest absolute Gasteiger partial charge is 0.500 e. The summed E-state index contributed by atoms with van der Waals surface area (Å²) < 4.78 is 10.3. The molecule has 1 rings (SSSR count). The average molecular weight is 233 g/mol. The molecule has 0 fully saturated rings. The van der Waals surface area contributed by atoms with Gasteiger partial charge >= 0.3 is 0 Å². The highest BCUT2D eigenvalue weighted by molar-refractivity contribution is 5.99. The van der Waals surface area contributed by atoms with Crippen molar-refractivity contribution >= 4 is 5.71 Å². The van der Waals surface area contributed by atoms with Crippen LogP contribution in [-0.4, -0.2) is 19.9 Å². The van der Waals surface area contributed by atoms with E-state index in [1.54, 1.807) is 20.4 Å². The van der Waals surface area contributed by atoms with E-state index in [0.29, 0.717) is 0 Å². The molecule has 0 heterocycles. The monoisotopic (exact) mass is 233 g/mol. The minimum atomic E-state index is 0.843. The van der Waals surface area contributed by atoms with Crippen molar-refractivity contribution in [2.45, 2.75) is 20.3 Å². The van der Waals surface area contributed by atoms with Crippen molar-refractivity contribution in [2.75, 3.05) is 14.2 Å². The van der Waals surface area contributed by atoms with Crippen molar-refractivity contribution < 1.29 is 9.47 Å². The molecule has 1 aromatic carbocycles. The van der Waals surface area contributed by atoms with Crippen molar-refractivity contribution in [1.82, 2.24) is 0 Å². The summed E-state index contributed by atoms with van der Waals surface area (Å²) in [5.74, 6) is 1.72. The van der Waals surface area contributed by atoms with Crippen molar-refractivity contribution in [1.29, 1.82) is 0 Å². The Morgan fingerprint density at radius 3 is 2.35 bits per heavy atom. The molecule has 0 spiro atoms. The predicted octanol–water partition coefficient (Wildman–Crippen LogP) is 3.40. The summed E-state index contributed by atoms with van der Waals surface area (Å²) >= 11 is 0. The number of hydrogen-bond acceptors (Lipinski definition) is 3. The van der Waals surface area contributed by atoms with Crippen LogP contribution in [0.25, 0.3) is 0 Å². The number of allylic oxidation sites excluding steroid dienone is 1. The Morgan fingerprint density at radius 2 is 1.88 bits per heavy atom. The fraction of sp³-hybridized carbons (Fsp3) is 0.357. The molecule has 0 saturated heterocycles. The number of rotatable bonds is 5. The first-order chi connectivity index (χ1) is 8.21. The van der Waals surface area contributed by atoms with Crippen molar-refractivity contribution in [3.05, 3.63) is 41.8 Å². The molecule has 0 aromatic heterocycles. The molecule has 0 saturated carbocycles. The van der Waals surface area contributed by atoms with Crippen LogP contribution >= 0.6 is 0 Å². The van der Waals surface area contributed by atoms with E-state index in [9.17, 15) is 0 Å². The van der Waals surface area contributed by atoms with Crippen LogP contribution in [-0.2, 0) is 4.74 Å². The molecule has 92 valence electrons. The molecule has 0 radical (unpaired) electrons. The summed E-state index contributed by atoms with van der Waals surface area (Å²) in [7, 11) is 3.32. The highest BCUT2D eigenvalue weighted by Gasteiger charge is 1.97. The van der Waals surface area contributed by atoms with Crippen molar-refractivity contribution in [3.8, 4) is 5.75 Å². The van der Waals surface area contributed by atoms with E-state index in [-0.39, 0.29) is 0 Å². The molecule has 1 aromatic rings. The first-order valence-electron chi connectivity index (χ1n) is 5.63. The van der Waals surface area contributed by atoms with Gasteiger partial charge in [-0.05, 0) is 36.8 Å². The van der Waals surface area contributed by atoms with E-state index in [4.69, 9.17) is 9.47 Å². The summed E-state index contributed by atoms with van der Waals surface area (Å²) in [6, 6.07) is 7.83. The molecule has 0 bridgehead atoms. The van der Waals surface area contributed by atoms with E-state index in [1.807, 2.05) is 38.1 Å². The third kappa shape index (κ3) is 3.94. The van der Waals surface area contributed by atoms with Gasteiger partial charge in [-0.2, -0.15) is 0 Å². The molecular weight excluding hydrogens is 214 g/mol. The van der Waals surface area contributed by atoms with Crippen molar-refractivity contribution in [2.24, 2.45) is 4.99 Å². The van der Waals surface area contributed by atoms with Crippen LogP contribution in [0.15, 0.2) is 41.2 Å². The molecule has 0 aliphatic carbocycles. The first-order valence-corrected chi connectivity index (χ1v) is 5.63. The molecule has 0 unspecified atom stereocenters. The van der Waals surface area contributed by atoms with Gasteiger partial charge in [-0.1, -0.05) is 6.92 Å². The quantitative estimate of drug-likeness (QED) is 0.576. The minimum absolute atomic E-state index is 0.843. The van der Waals surface area contributed by atoms with Gasteiger partial charge in [-0.25, -0.2) is 0 Å². The van der Waals surface area contributed by atoms with E-state index in [0.717, 1.165) is 29.2 Å². The lowest BCUT2D eigenvalue weighted by Crippen LogP contribution is -1.94. The Morgan fingerprint density at radius 1 is 1.24 bits per heavy atom. The van der Waals surface area contributed by atoms with Crippen LogP contribution in [0.1, 0.15) is 25.8 Å². The Hall–Kier alpha value is -1.77. The molecule has 0 amide bonds. The van der Waals surface area contributed by atoms with Gasteiger partial charge in [0, 0.05) is 12.1 Å². The van der Waals surface area contributed by atoms with Gasteiger partial charge in [0.05, 0.1) is 20.4 Å². The normalized spacial score (nSPS) is 12.5. The zero-order chi connectivity index (χ0) is 12.7. The van der Waals surface area contributed by atoms with Crippen LogP contribution in [0.4, 0.5) is 0 Å². The fourth-order valence-electron chi connectivity index (χ4n) is 1.36. The Balaban J connectivity index is 2.84. The second-order valence-corrected chi connectivity index (χ2v) is 3.60. The topological polar surface area (TPSA) is 30.8 Å². The number of benzene rings is 1. The average Bonchev–Trinajstić information content (AvgIpc) is 2.39. The lowest BCUT2D eigenvalue weighted by Gasteiger charge is -2.03. The van der Waals surface area contributed by atoms with Gasteiger partial charge in [0.1, 0.15) is 11.5 Å². The summed E-state index contributed by atoms with van der Waals surface area (Å²) in [5, 5.41) is 0. The zero-order valence-corrected chi connectivity index (χ0v) is 10.9. The molecule has 0 aliphatic heterocycles. The number of aliphatic imine (C=N–C) groups is 1. The van der Waals surface area contributed by atoms with Gasteiger partial charge in [0.2, 0.25) is 0 Å². The number of hydrogen-bond donors (Lipinski definition) is 0. The third-order valence-electron chi connectivity index (χ3n) is 2.52. The van der Waals surface area contributed by atoms with Gasteiger partial charge in [0.15, 0.2) is 0 Å². The zero-order valence-electron chi connectivity index (χ0n) is 10.9. The second-order valence-electron chi connectivity index (χ2n) is 3.60. The maximum Gasteiger partial charge on any atom is 0.118 e. The summed E-state index contributed by atoms with van der Waals surface area (Å²) in [5.41, 5.74) is 2.03. The third-order valence-corrected chi connectivity index (χ3v) is 2.52. The van der Waals surface area contributed by atoms with Crippen LogP contribution in [0.2, 0.25) is 0 Å². The maximum atomic E-state index is 5.16. The lowest BCUT2D eigenvalue weighted by molar-refractivity contribution is 0.279. The minimum Gasteiger partial charge on any atom is -0.500 e. The maximum absolute atomic E-state index is 5.16. The lowest BCUT2D eigenvalue weighted by atomic mass is 10.1. The summed E-state index contributed by atoms with van der Waals surface area (Å²) in [6.45, 7) is 4.01. The second kappa shape index (κ2) is 6.74. The number of ether oxygens (including phenoxy) is 2. The van der Waals surface area contributed by atoms with Crippen LogP contribution in [0.3, 0.4) is 0 Å². The standard InChI is InChI=1S/C14H19NO2/c1-5-13(16-3)10-15-11(2)12-6-8-14(17-4)9-7-12/h6-10H,5H2,1-4H3/b13-10+,15-11?. The first kappa shape index (κ1) is 13.3.